The minimum atomic E-state index is -4.09. The molecular formula is C32H32N2O6S. The van der Waals surface area contributed by atoms with Gasteiger partial charge in [-0.3, -0.25) is 14.1 Å². The lowest BCUT2D eigenvalue weighted by Gasteiger charge is -2.25. The van der Waals surface area contributed by atoms with Crippen molar-refractivity contribution in [2.45, 2.75) is 44.6 Å². The lowest BCUT2D eigenvalue weighted by atomic mass is 9.93. The fourth-order valence-corrected chi connectivity index (χ4v) is 5.50. The quantitative estimate of drug-likeness (QED) is 0.102. The van der Waals surface area contributed by atoms with Crippen LogP contribution in [0.15, 0.2) is 94.9 Å². The molecule has 0 radical (unpaired) electrons. The fourth-order valence-electron chi connectivity index (χ4n) is 4.99. The molecule has 3 aromatic carbocycles. The molecule has 8 nitrogen and oxygen atoms in total. The molecule has 0 aliphatic heterocycles. The highest BCUT2D eigenvalue weighted by atomic mass is 32.2. The summed E-state index contributed by atoms with van der Waals surface area (Å²) in [5.41, 5.74) is 4.56. The minimum absolute atomic E-state index is 0.0135. The lowest BCUT2D eigenvalue weighted by Crippen LogP contribution is -2.37. The van der Waals surface area contributed by atoms with Crippen LogP contribution in [-0.4, -0.2) is 36.5 Å². The SMILES string of the molecule is O=C(CCCS(=O)(=O)O)c1ccc(NC(C(=O)Nc2ccc(-c3cc4ccccc4o3)cc2)C2=CCCCC2)cc1. The number of hydrogen-bond acceptors (Lipinski definition) is 6. The number of nitrogens with one attached hydrogen (secondary N) is 2. The predicted molar refractivity (Wildman–Crippen MR) is 161 cm³/mol. The van der Waals surface area contributed by atoms with Crippen LogP contribution in [0.2, 0.25) is 0 Å². The van der Waals surface area contributed by atoms with Gasteiger partial charge in [-0.25, -0.2) is 0 Å². The first-order valence-corrected chi connectivity index (χ1v) is 15.3. The summed E-state index contributed by atoms with van der Waals surface area (Å²) in [7, 11) is -4.09. The van der Waals surface area contributed by atoms with Crippen LogP contribution in [0.3, 0.4) is 0 Å². The van der Waals surface area contributed by atoms with Crippen molar-refractivity contribution in [3.63, 3.8) is 0 Å². The van der Waals surface area contributed by atoms with E-state index in [9.17, 15) is 18.0 Å². The largest absolute Gasteiger partial charge is 0.456 e. The summed E-state index contributed by atoms with van der Waals surface area (Å²) in [6.45, 7) is 0. The molecule has 0 saturated heterocycles. The maximum absolute atomic E-state index is 13.5. The Balaban J connectivity index is 1.26. The number of Topliss-reactive ketones (excluding diaryl/α,β-unsaturated/α-hetero) is 1. The molecule has 1 aliphatic carbocycles. The van der Waals surface area contributed by atoms with Gasteiger partial charge in [0, 0.05) is 34.3 Å². The molecular weight excluding hydrogens is 540 g/mol. The van der Waals surface area contributed by atoms with Crippen molar-refractivity contribution in [1.29, 1.82) is 0 Å². The first-order chi connectivity index (χ1) is 19.7. The maximum Gasteiger partial charge on any atom is 0.264 e. The van der Waals surface area contributed by atoms with E-state index in [0.29, 0.717) is 16.9 Å². The third-order valence-electron chi connectivity index (χ3n) is 7.15. The van der Waals surface area contributed by atoms with Crippen molar-refractivity contribution in [3.05, 3.63) is 96.1 Å². The first-order valence-electron chi connectivity index (χ1n) is 13.7. The zero-order valence-corrected chi connectivity index (χ0v) is 23.3. The van der Waals surface area contributed by atoms with Gasteiger partial charge in [-0.15, -0.1) is 0 Å². The van der Waals surface area contributed by atoms with Gasteiger partial charge < -0.3 is 15.1 Å². The topological polar surface area (TPSA) is 126 Å². The van der Waals surface area contributed by atoms with Crippen molar-refractivity contribution in [3.8, 4) is 11.3 Å². The fraction of sp³-hybridized carbons (Fsp3) is 0.250. The van der Waals surface area contributed by atoms with Crippen molar-refractivity contribution in [2.75, 3.05) is 16.4 Å². The van der Waals surface area contributed by atoms with Crippen molar-refractivity contribution in [1.82, 2.24) is 0 Å². The zero-order chi connectivity index (χ0) is 28.8. The maximum atomic E-state index is 13.5. The first kappa shape index (κ1) is 28.3. The van der Waals surface area contributed by atoms with Gasteiger partial charge in [0.25, 0.3) is 16.0 Å². The summed E-state index contributed by atoms with van der Waals surface area (Å²) in [5, 5.41) is 7.40. The van der Waals surface area contributed by atoms with Gasteiger partial charge in [-0.1, -0.05) is 24.3 Å². The summed E-state index contributed by atoms with van der Waals surface area (Å²) >= 11 is 0. The molecule has 0 spiro atoms. The molecule has 9 heteroatoms. The van der Waals surface area contributed by atoms with Crippen LogP contribution in [-0.2, 0) is 14.9 Å². The molecule has 0 bridgehead atoms. The summed E-state index contributed by atoms with van der Waals surface area (Å²) < 4.78 is 36.6. The van der Waals surface area contributed by atoms with Crippen LogP contribution >= 0.6 is 0 Å². The number of carbonyl (C=O) groups is 2. The van der Waals surface area contributed by atoms with Gasteiger partial charge >= 0.3 is 0 Å². The van der Waals surface area contributed by atoms with Gasteiger partial charge in [0.15, 0.2) is 5.78 Å². The van der Waals surface area contributed by atoms with Crippen LogP contribution in [0.1, 0.15) is 48.9 Å². The molecule has 0 fully saturated rings. The summed E-state index contributed by atoms with van der Waals surface area (Å²) in [5.74, 6) is -0.0840. The van der Waals surface area contributed by atoms with Gasteiger partial charge in [0.2, 0.25) is 0 Å². The normalized spacial score (nSPS) is 14.3. The number of rotatable bonds is 11. The summed E-state index contributed by atoms with van der Waals surface area (Å²) in [6, 6.07) is 23.6. The van der Waals surface area contributed by atoms with Gasteiger partial charge in [-0.05, 0) is 98.3 Å². The van der Waals surface area contributed by atoms with Crippen LogP contribution in [0.5, 0.6) is 0 Å². The number of benzene rings is 3. The molecule has 4 aromatic rings. The number of carbonyl (C=O) groups excluding carboxylic acids is 2. The molecule has 1 amide bonds. The molecule has 3 N–H and O–H groups in total. The molecule has 1 aromatic heterocycles. The second kappa shape index (κ2) is 12.5. The van der Waals surface area contributed by atoms with E-state index in [4.69, 9.17) is 8.97 Å². The molecule has 1 atom stereocenters. The molecule has 41 heavy (non-hydrogen) atoms. The molecule has 0 saturated carbocycles. The third-order valence-corrected chi connectivity index (χ3v) is 7.95. The standard InChI is InChI=1S/C32H32N2O6S/c35-28(10-6-20-41(37,38)39)22-12-16-26(17-13-22)33-31(24-7-2-1-3-8-24)32(36)34-27-18-14-23(15-19-27)30-21-25-9-4-5-11-29(25)40-30/h4-5,7,9,11-19,21,31,33H,1-3,6,8,10,20H2,(H,34,36)(H,37,38,39). The number of fused-ring (bicyclic) bond motifs is 1. The van der Waals surface area contributed by atoms with E-state index in [2.05, 4.69) is 16.7 Å². The lowest BCUT2D eigenvalue weighted by molar-refractivity contribution is -0.116. The van der Waals surface area contributed by atoms with E-state index in [1.165, 1.54) is 0 Å². The highest BCUT2D eigenvalue weighted by Crippen LogP contribution is 2.29. The zero-order valence-electron chi connectivity index (χ0n) is 22.5. The van der Waals surface area contributed by atoms with Gasteiger partial charge in [0.05, 0.1) is 5.75 Å². The smallest absolute Gasteiger partial charge is 0.264 e. The Kier molecular flexibility index (Phi) is 8.66. The van der Waals surface area contributed by atoms with Crippen LogP contribution < -0.4 is 10.6 Å². The van der Waals surface area contributed by atoms with E-state index in [1.54, 1.807) is 24.3 Å². The monoisotopic (exact) mass is 572 g/mol. The number of para-hydroxylation sites is 1. The summed E-state index contributed by atoms with van der Waals surface area (Å²) in [4.78, 5) is 25.9. The number of hydrogen-bond donors (Lipinski definition) is 3. The third kappa shape index (κ3) is 7.50. The Morgan fingerprint density at radius 3 is 2.34 bits per heavy atom. The average Bonchev–Trinajstić information content (AvgIpc) is 3.41. The molecule has 212 valence electrons. The second-order valence-corrected chi connectivity index (χ2v) is 11.8. The number of allylic oxidation sites excluding steroid dienone is 1. The van der Waals surface area contributed by atoms with Crippen LogP contribution in [0, 0.1) is 0 Å². The van der Waals surface area contributed by atoms with E-state index >= 15 is 0 Å². The highest BCUT2D eigenvalue weighted by Gasteiger charge is 2.24. The van der Waals surface area contributed by atoms with Crippen LogP contribution in [0.4, 0.5) is 11.4 Å². The highest BCUT2D eigenvalue weighted by molar-refractivity contribution is 7.85. The summed E-state index contributed by atoms with van der Waals surface area (Å²) in [6.07, 6.45) is 6.03. The van der Waals surface area contributed by atoms with Crippen molar-refractivity contribution in [2.24, 2.45) is 0 Å². The Morgan fingerprint density at radius 2 is 1.66 bits per heavy atom. The number of furan rings is 1. The Morgan fingerprint density at radius 1 is 0.927 bits per heavy atom. The van der Waals surface area contributed by atoms with Crippen molar-refractivity contribution < 1.29 is 27.0 Å². The average molecular weight is 573 g/mol. The van der Waals surface area contributed by atoms with E-state index in [0.717, 1.165) is 53.5 Å². The Hall–Kier alpha value is -4.21. The molecule has 1 unspecified atom stereocenters. The van der Waals surface area contributed by atoms with Gasteiger partial charge in [-0.2, -0.15) is 8.42 Å². The predicted octanol–water partition coefficient (Wildman–Crippen LogP) is 6.87. The van der Waals surface area contributed by atoms with E-state index in [1.807, 2.05) is 54.6 Å². The van der Waals surface area contributed by atoms with E-state index < -0.39 is 21.9 Å². The number of ketones is 1. The Bertz CT molecular complexity index is 1640. The molecule has 1 heterocycles. The van der Waals surface area contributed by atoms with Crippen LogP contribution in [0.25, 0.3) is 22.3 Å². The number of anilines is 2. The number of amides is 1. The molecule has 5 rings (SSSR count). The second-order valence-electron chi connectivity index (χ2n) is 10.2. The molecule has 1 aliphatic rings. The van der Waals surface area contributed by atoms with Crippen molar-refractivity contribution >= 4 is 44.2 Å². The van der Waals surface area contributed by atoms with Gasteiger partial charge in [0.1, 0.15) is 17.4 Å². The van der Waals surface area contributed by atoms with E-state index in [-0.39, 0.29) is 24.5 Å². The minimum Gasteiger partial charge on any atom is -0.456 e. The Labute approximate surface area is 239 Å².